The first-order chi connectivity index (χ1) is 15.7. The van der Waals surface area contributed by atoms with Gasteiger partial charge in [-0.25, -0.2) is 13.6 Å². The average Bonchev–Trinajstić information content (AvgIpc) is 3.02. The molecule has 0 atom stereocenters. The van der Waals surface area contributed by atoms with Crippen molar-refractivity contribution in [3.8, 4) is 11.8 Å². The van der Waals surface area contributed by atoms with E-state index in [0.717, 1.165) is 17.3 Å². The van der Waals surface area contributed by atoms with Gasteiger partial charge in [-0.2, -0.15) is 5.26 Å². The third-order valence-electron chi connectivity index (χ3n) is 5.18. The summed E-state index contributed by atoms with van der Waals surface area (Å²) in [5.41, 5.74) is 2.09. The van der Waals surface area contributed by atoms with Gasteiger partial charge in [0.25, 0.3) is 5.91 Å². The summed E-state index contributed by atoms with van der Waals surface area (Å²) in [5, 5.41) is 12.2. The van der Waals surface area contributed by atoms with Crippen LogP contribution in [-0.2, 0) is 16.1 Å². The quantitative estimate of drug-likeness (QED) is 0.544. The Morgan fingerprint density at radius 3 is 2.42 bits per heavy atom. The molecule has 0 fully saturated rings. The van der Waals surface area contributed by atoms with Crippen LogP contribution in [0.1, 0.15) is 32.7 Å². The summed E-state index contributed by atoms with van der Waals surface area (Å²) >= 11 is 0. The molecule has 0 aliphatic rings. The van der Waals surface area contributed by atoms with Crippen molar-refractivity contribution in [1.82, 2.24) is 4.57 Å². The van der Waals surface area contributed by atoms with Gasteiger partial charge in [0.2, 0.25) is 0 Å². The molecular formula is C24H21F2N3O4. The first-order valence-electron chi connectivity index (χ1n) is 9.89. The fraction of sp³-hybridized carbons (Fsp3) is 0.208. The van der Waals surface area contributed by atoms with Crippen LogP contribution in [0.5, 0.6) is 5.75 Å². The number of methoxy groups -OCH3 is 1. The lowest BCUT2D eigenvalue weighted by molar-refractivity contribution is -0.119. The highest BCUT2D eigenvalue weighted by molar-refractivity contribution is 5.96. The number of hydrogen-bond acceptors (Lipinski definition) is 5. The number of benzene rings is 2. The number of esters is 1. The van der Waals surface area contributed by atoms with Crippen molar-refractivity contribution < 1.29 is 27.8 Å². The Hall–Kier alpha value is -4.19. The molecule has 0 saturated carbocycles. The van der Waals surface area contributed by atoms with E-state index in [1.54, 1.807) is 30.5 Å². The Balaban J connectivity index is 1.76. The topological polar surface area (TPSA) is 93.3 Å². The van der Waals surface area contributed by atoms with Gasteiger partial charge in [0.1, 0.15) is 29.3 Å². The normalized spacial score (nSPS) is 10.4. The van der Waals surface area contributed by atoms with Crippen LogP contribution in [0.25, 0.3) is 0 Å². The summed E-state index contributed by atoms with van der Waals surface area (Å²) < 4.78 is 38.8. The summed E-state index contributed by atoms with van der Waals surface area (Å²) in [6.07, 6.45) is 0. The van der Waals surface area contributed by atoms with Crippen molar-refractivity contribution in [2.45, 2.75) is 20.4 Å². The molecule has 1 heterocycles. The highest BCUT2D eigenvalue weighted by Gasteiger charge is 2.21. The minimum atomic E-state index is -1.01. The smallest absolute Gasteiger partial charge is 0.341 e. The van der Waals surface area contributed by atoms with Gasteiger partial charge in [-0.1, -0.05) is 12.1 Å². The number of aromatic nitrogens is 1. The van der Waals surface area contributed by atoms with E-state index >= 15 is 0 Å². The molecule has 0 saturated heterocycles. The Labute approximate surface area is 189 Å². The maximum atomic E-state index is 14.0. The summed E-state index contributed by atoms with van der Waals surface area (Å²) in [6.45, 7) is 3.13. The van der Waals surface area contributed by atoms with Gasteiger partial charge in [-0.05, 0) is 49.2 Å². The van der Waals surface area contributed by atoms with E-state index in [1.807, 2.05) is 0 Å². The van der Waals surface area contributed by atoms with Crippen molar-refractivity contribution in [3.05, 3.63) is 82.0 Å². The van der Waals surface area contributed by atoms with Crippen molar-refractivity contribution in [3.63, 3.8) is 0 Å². The first-order valence-corrected chi connectivity index (χ1v) is 9.89. The molecule has 1 N–H and O–H groups in total. The molecule has 1 aromatic heterocycles. The van der Waals surface area contributed by atoms with E-state index in [1.165, 1.54) is 31.4 Å². The Bertz CT molecular complexity index is 1240. The number of carbonyl (C=O) groups is 2. The zero-order chi connectivity index (χ0) is 24.1. The van der Waals surface area contributed by atoms with E-state index in [0.29, 0.717) is 5.56 Å². The predicted octanol–water partition coefficient (Wildman–Crippen LogP) is 4.11. The molecule has 0 aliphatic heterocycles. The number of halogens is 2. The van der Waals surface area contributed by atoms with Gasteiger partial charge in [0, 0.05) is 18.3 Å². The van der Waals surface area contributed by atoms with E-state index in [-0.39, 0.29) is 35.1 Å². The second-order valence-corrected chi connectivity index (χ2v) is 7.23. The molecule has 0 radical (unpaired) electrons. The molecule has 33 heavy (non-hydrogen) atoms. The molecule has 170 valence electrons. The van der Waals surface area contributed by atoms with Gasteiger partial charge >= 0.3 is 5.97 Å². The van der Waals surface area contributed by atoms with Crippen LogP contribution in [0.2, 0.25) is 0 Å². The number of nitrogens with zero attached hydrogens (tertiary/aromatic N) is 2. The lowest BCUT2D eigenvalue weighted by atomic mass is 10.2. The number of anilines is 1. The molecule has 3 aromatic rings. The van der Waals surface area contributed by atoms with Crippen LogP contribution < -0.4 is 10.1 Å². The maximum absolute atomic E-state index is 14.0. The van der Waals surface area contributed by atoms with Crippen LogP contribution in [0.3, 0.4) is 0 Å². The van der Waals surface area contributed by atoms with Crippen LogP contribution in [0.4, 0.5) is 14.6 Å². The standard InChI is InChI=1S/C24H21F2N3O4/c1-14-15(2)29(12-16-4-6-17(25)7-5-16)23(20(14)11-27)28-22(30)13-33-24(31)19-9-8-18(32-3)10-21(19)26/h4-10H,12-13H2,1-3H3,(H,28,30). The molecule has 1 amide bonds. The van der Waals surface area contributed by atoms with Crippen LogP contribution >= 0.6 is 0 Å². The van der Waals surface area contributed by atoms with Crippen molar-refractivity contribution in [2.75, 3.05) is 19.0 Å². The van der Waals surface area contributed by atoms with Crippen molar-refractivity contribution in [2.24, 2.45) is 0 Å². The lowest BCUT2D eigenvalue weighted by Crippen LogP contribution is -2.23. The van der Waals surface area contributed by atoms with E-state index < -0.39 is 24.3 Å². The molecule has 0 bridgehead atoms. The van der Waals surface area contributed by atoms with Gasteiger partial charge in [0.05, 0.1) is 18.2 Å². The molecule has 9 heteroatoms. The van der Waals surface area contributed by atoms with Gasteiger partial charge < -0.3 is 19.4 Å². The largest absolute Gasteiger partial charge is 0.497 e. The molecular weight excluding hydrogens is 432 g/mol. The average molecular weight is 453 g/mol. The molecule has 0 aliphatic carbocycles. The predicted molar refractivity (Wildman–Crippen MR) is 116 cm³/mol. The SMILES string of the molecule is COc1ccc(C(=O)OCC(=O)Nc2c(C#N)c(C)c(C)n2Cc2ccc(F)cc2)c(F)c1. The minimum absolute atomic E-state index is 0.230. The second kappa shape index (κ2) is 9.96. The van der Waals surface area contributed by atoms with Crippen LogP contribution in [-0.4, -0.2) is 30.2 Å². The van der Waals surface area contributed by atoms with Crippen LogP contribution in [0, 0.1) is 36.8 Å². The summed E-state index contributed by atoms with van der Waals surface area (Å²) in [5.74, 6) is -2.47. The Morgan fingerprint density at radius 2 is 1.82 bits per heavy atom. The molecule has 3 rings (SSSR count). The molecule has 0 spiro atoms. The number of hydrogen-bond donors (Lipinski definition) is 1. The monoisotopic (exact) mass is 453 g/mol. The summed E-state index contributed by atoms with van der Waals surface area (Å²) in [7, 11) is 1.36. The van der Waals surface area contributed by atoms with Gasteiger partial charge in [0.15, 0.2) is 6.61 Å². The van der Waals surface area contributed by atoms with Crippen molar-refractivity contribution in [1.29, 1.82) is 5.26 Å². The third-order valence-corrected chi connectivity index (χ3v) is 5.18. The Kier molecular flexibility index (Phi) is 7.08. The molecule has 7 nitrogen and oxygen atoms in total. The number of nitriles is 1. The lowest BCUT2D eigenvalue weighted by Gasteiger charge is -2.13. The maximum Gasteiger partial charge on any atom is 0.341 e. The minimum Gasteiger partial charge on any atom is -0.497 e. The summed E-state index contributed by atoms with van der Waals surface area (Å²) in [6, 6.07) is 11.5. The number of amides is 1. The number of ether oxygens (including phenoxy) is 2. The number of rotatable bonds is 7. The fourth-order valence-electron chi connectivity index (χ4n) is 3.27. The number of carbonyl (C=O) groups excluding carboxylic acids is 2. The molecule has 0 unspecified atom stereocenters. The van der Waals surface area contributed by atoms with E-state index in [2.05, 4.69) is 11.4 Å². The zero-order valence-electron chi connectivity index (χ0n) is 18.2. The highest BCUT2D eigenvalue weighted by atomic mass is 19.1. The first kappa shape index (κ1) is 23.5. The second-order valence-electron chi connectivity index (χ2n) is 7.23. The third kappa shape index (κ3) is 5.18. The highest BCUT2D eigenvalue weighted by Crippen LogP contribution is 2.27. The van der Waals surface area contributed by atoms with Crippen molar-refractivity contribution >= 4 is 17.7 Å². The fourth-order valence-corrected chi connectivity index (χ4v) is 3.27. The van der Waals surface area contributed by atoms with E-state index in [9.17, 15) is 23.6 Å². The van der Waals surface area contributed by atoms with Gasteiger partial charge in [-0.3, -0.25) is 4.79 Å². The van der Waals surface area contributed by atoms with Gasteiger partial charge in [-0.15, -0.1) is 0 Å². The van der Waals surface area contributed by atoms with E-state index in [4.69, 9.17) is 9.47 Å². The number of nitrogens with one attached hydrogen (secondary N) is 1. The van der Waals surface area contributed by atoms with Crippen LogP contribution in [0.15, 0.2) is 42.5 Å². The Morgan fingerprint density at radius 1 is 1.12 bits per heavy atom. The zero-order valence-corrected chi connectivity index (χ0v) is 18.2. The summed E-state index contributed by atoms with van der Waals surface area (Å²) in [4.78, 5) is 24.7. The molecule has 2 aromatic carbocycles.